The van der Waals surface area contributed by atoms with Gasteiger partial charge in [-0.3, -0.25) is 4.79 Å². The summed E-state index contributed by atoms with van der Waals surface area (Å²) in [6, 6.07) is 6.63. The van der Waals surface area contributed by atoms with Crippen LogP contribution in [0.25, 0.3) is 0 Å². The fourth-order valence-corrected chi connectivity index (χ4v) is 4.57. The van der Waals surface area contributed by atoms with E-state index in [1.807, 2.05) is 18.2 Å². The zero-order chi connectivity index (χ0) is 20.1. The van der Waals surface area contributed by atoms with Crippen molar-refractivity contribution in [2.24, 2.45) is 11.8 Å². The molecule has 1 fully saturated rings. The van der Waals surface area contributed by atoms with E-state index in [4.69, 9.17) is 5.11 Å². The van der Waals surface area contributed by atoms with Crippen molar-refractivity contribution in [3.05, 3.63) is 58.9 Å². The van der Waals surface area contributed by atoms with Crippen molar-refractivity contribution < 1.29 is 24.5 Å². The molecule has 2 unspecified atom stereocenters. The van der Waals surface area contributed by atoms with Gasteiger partial charge in [0.25, 0.3) is 0 Å². The van der Waals surface area contributed by atoms with Gasteiger partial charge in [0.05, 0.1) is 18.6 Å². The van der Waals surface area contributed by atoms with Gasteiger partial charge < -0.3 is 15.3 Å². The molecule has 0 radical (unpaired) electrons. The molecule has 0 spiro atoms. The SMILES string of the molecule is O=C(O)CC(O)CC(O)C=CC1=C(Cc2ccc(F)cc2)CC2CCC1CC2.[NaH]. The Morgan fingerprint density at radius 2 is 1.79 bits per heavy atom. The first-order valence-corrected chi connectivity index (χ1v) is 10.1. The zero-order valence-electron chi connectivity index (χ0n) is 16.1. The summed E-state index contributed by atoms with van der Waals surface area (Å²) in [7, 11) is 0. The van der Waals surface area contributed by atoms with Crippen LogP contribution in [0.1, 0.15) is 50.5 Å². The van der Waals surface area contributed by atoms with Crippen LogP contribution in [-0.4, -0.2) is 63.1 Å². The van der Waals surface area contributed by atoms with Crippen LogP contribution >= 0.6 is 0 Å². The minimum absolute atomic E-state index is 0. The Kier molecular flexibility index (Phi) is 9.57. The van der Waals surface area contributed by atoms with Crippen molar-refractivity contribution in [1.29, 1.82) is 0 Å². The first-order valence-electron chi connectivity index (χ1n) is 10.1. The van der Waals surface area contributed by atoms with E-state index < -0.39 is 18.2 Å². The number of rotatable bonds is 8. The fraction of sp³-hybridized carbons (Fsp3) is 0.522. The monoisotopic (exact) mass is 412 g/mol. The normalized spacial score (nSPS) is 23.6. The fourth-order valence-electron chi connectivity index (χ4n) is 4.57. The molecule has 0 heterocycles. The Balaban J connectivity index is 0.00000300. The molecule has 154 valence electrons. The maximum absolute atomic E-state index is 13.2. The molecule has 0 aromatic heterocycles. The summed E-state index contributed by atoms with van der Waals surface area (Å²) in [5.74, 6) is -0.142. The number of allylic oxidation sites excluding steroid dienone is 3. The molecule has 0 amide bonds. The van der Waals surface area contributed by atoms with Crippen molar-refractivity contribution in [3.8, 4) is 0 Å². The van der Waals surface area contributed by atoms with Crippen molar-refractivity contribution >= 4 is 35.5 Å². The summed E-state index contributed by atoms with van der Waals surface area (Å²) in [6.07, 6.45) is 7.91. The molecule has 1 aromatic rings. The number of aliphatic hydroxyl groups excluding tert-OH is 2. The third-order valence-corrected chi connectivity index (χ3v) is 5.98. The molecule has 29 heavy (non-hydrogen) atoms. The van der Waals surface area contributed by atoms with E-state index in [0.717, 1.165) is 31.2 Å². The molecule has 4 nitrogen and oxygen atoms in total. The van der Waals surface area contributed by atoms with Crippen LogP contribution in [0, 0.1) is 17.7 Å². The standard InChI is InChI=1S/C23H29FO4.Na.H/c24-19-7-3-16(4-8-19)12-18-11-15-1-5-17(6-2-15)22(18)10-9-20(25)13-21(26)14-23(27)28;;/h3-4,7-10,15,17,20-21,25-26H,1-2,5-6,11-14H2,(H,27,28);;. The molecule has 1 saturated carbocycles. The first kappa shape index (κ1) is 24.3. The van der Waals surface area contributed by atoms with Crippen LogP contribution in [0.2, 0.25) is 0 Å². The van der Waals surface area contributed by atoms with Crippen LogP contribution in [0.4, 0.5) is 4.39 Å². The molecular weight excluding hydrogens is 382 g/mol. The van der Waals surface area contributed by atoms with Crippen molar-refractivity contribution in [2.45, 2.75) is 63.6 Å². The molecule has 0 saturated heterocycles. The average Bonchev–Trinajstić information content (AvgIpc) is 2.89. The number of carbonyl (C=O) groups is 1. The topological polar surface area (TPSA) is 77.8 Å². The van der Waals surface area contributed by atoms with E-state index in [0.29, 0.717) is 11.8 Å². The third kappa shape index (κ3) is 7.34. The van der Waals surface area contributed by atoms with Gasteiger partial charge in [-0.1, -0.05) is 29.9 Å². The summed E-state index contributed by atoms with van der Waals surface area (Å²) < 4.78 is 13.2. The summed E-state index contributed by atoms with van der Waals surface area (Å²) in [5, 5.41) is 28.7. The minimum atomic E-state index is -1.08. The molecule has 3 N–H and O–H groups in total. The predicted molar refractivity (Wildman–Crippen MR) is 112 cm³/mol. The molecule has 3 aliphatic carbocycles. The number of aliphatic hydroxyl groups is 2. The number of benzene rings is 1. The van der Waals surface area contributed by atoms with E-state index in [9.17, 15) is 19.4 Å². The number of carboxylic acids is 1. The Morgan fingerprint density at radius 3 is 2.41 bits per heavy atom. The molecule has 0 aliphatic heterocycles. The summed E-state index contributed by atoms with van der Waals surface area (Å²) >= 11 is 0. The Morgan fingerprint density at radius 1 is 1.14 bits per heavy atom. The second kappa shape index (κ2) is 11.4. The molecule has 6 heteroatoms. The first-order chi connectivity index (χ1) is 13.4. The Labute approximate surface area is 193 Å². The van der Waals surface area contributed by atoms with Crippen LogP contribution in [0.3, 0.4) is 0 Å². The molecule has 1 aromatic carbocycles. The van der Waals surface area contributed by atoms with E-state index in [2.05, 4.69) is 0 Å². The van der Waals surface area contributed by atoms with Gasteiger partial charge in [0.15, 0.2) is 0 Å². The van der Waals surface area contributed by atoms with Crippen LogP contribution < -0.4 is 0 Å². The molecule has 3 aliphatic rings. The second-order valence-electron chi connectivity index (χ2n) is 8.20. The summed E-state index contributed by atoms with van der Waals surface area (Å²) in [6.45, 7) is 0. The molecule has 2 bridgehead atoms. The van der Waals surface area contributed by atoms with E-state index in [1.165, 1.54) is 36.1 Å². The van der Waals surface area contributed by atoms with Gasteiger partial charge in [0.2, 0.25) is 0 Å². The number of halogens is 1. The van der Waals surface area contributed by atoms with Crippen molar-refractivity contribution in [2.75, 3.05) is 0 Å². The van der Waals surface area contributed by atoms with E-state index in [1.54, 1.807) is 6.08 Å². The Hall–Kier alpha value is -0.980. The predicted octanol–water partition coefficient (Wildman–Crippen LogP) is 3.37. The van der Waals surface area contributed by atoms with Gasteiger partial charge in [-0.2, -0.15) is 0 Å². The number of fused-ring (bicyclic) bond motifs is 3. The van der Waals surface area contributed by atoms with Gasteiger partial charge in [0.1, 0.15) is 5.82 Å². The summed E-state index contributed by atoms with van der Waals surface area (Å²) in [4.78, 5) is 10.7. The van der Waals surface area contributed by atoms with Gasteiger partial charge in [0, 0.05) is 6.42 Å². The number of hydrogen-bond donors (Lipinski definition) is 3. The van der Waals surface area contributed by atoms with Crippen LogP contribution in [0.15, 0.2) is 47.6 Å². The van der Waals surface area contributed by atoms with Crippen molar-refractivity contribution in [3.63, 3.8) is 0 Å². The number of carboxylic acid groups (broad SMARTS) is 1. The van der Waals surface area contributed by atoms with Gasteiger partial charge >= 0.3 is 35.5 Å². The molecule has 4 rings (SSSR count). The van der Waals surface area contributed by atoms with Gasteiger partial charge in [-0.15, -0.1) is 0 Å². The zero-order valence-corrected chi connectivity index (χ0v) is 16.1. The van der Waals surface area contributed by atoms with Crippen molar-refractivity contribution in [1.82, 2.24) is 0 Å². The van der Waals surface area contributed by atoms with Crippen LogP contribution in [0.5, 0.6) is 0 Å². The third-order valence-electron chi connectivity index (χ3n) is 5.98. The number of aliphatic carboxylic acids is 1. The Bertz CT molecular complexity index is 736. The van der Waals surface area contributed by atoms with E-state index in [-0.39, 0.29) is 48.2 Å². The second-order valence-corrected chi connectivity index (χ2v) is 8.20. The van der Waals surface area contributed by atoms with Gasteiger partial charge in [-0.25, -0.2) is 4.39 Å². The quantitative estimate of drug-likeness (QED) is 0.572. The van der Waals surface area contributed by atoms with Gasteiger partial charge in [-0.05, 0) is 73.6 Å². The molecule has 2 atom stereocenters. The maximum atomic E-state index is 13.2. The average molecular weight is 412 g/mol. The van der Waals surface area contributed by atoms with Crippen LogP contribution in [-0.2, 0) is 11.2 Å². The summed E-state index contributed by atoms with van der Waals surface area (Å²) in [5.41, 5.74) is 3.70. The van der Waals surface area contributed by atoms with E-state index >= 15 is 0 Å². The number of hydrogen-bond acceptors (Lipinski definition) is 3. The molecular formula is C23H30FNaO4.